The predicted molar refractivity (Wildman–Crippen MR) is 412 cm³/mol. The topological polar surface area (TPSA) is 254 Å². The third kappa shape index (κ3) is 11.6. The molecule has 11 heterocycles. The number of aromatic nitrogens is 3. The number of methoxy groups -OCH3 is 2. The Morgan fingerprint density at radius 1 is 0.557 bits per heavy atom. The van der Waals surface area contributed by atoms with Crippen LogP contribution in [0, 0.1) is 26.2 Å². The van der Waals surface area contributed by atoms with Gasteiger partial charge in [0.1, 0.15) is 29.5 Å². The number of rotatable bonds is 19. The zero-order chi connectivity index (χ0) is 73.9. The summed E-state index contributed by atoms with van der Waals surface area (Å²) in [7, 11) is 0.489. The maximum absolute atomic E-state index is 14.9. The fourth-order valence-corrected chi connectivity index (χ4v) is 26.3. The van der Waals surface area contributed by atoms with E-state index >= 15 is 0 Å². The number of piperazine rings is 2. The highest BCUT2D eigenvalue weighted by atomic mass is 33.1. The Morgan fingerprint density at radius 3 is 1.42 bits per heavy atom. The van der Waals surface area contributed by atoms with Gasteiger partial charge in [0.05, 0.1) is 52.4 Å². The van der Waals surface area contributed by atoms with Gasteiger partial charge >= 0.3 is 0 Å². The van der Waals surface area contributed by atoms with Gasteiger partial charge in [0.2, 0.25) is 0 Å². The van der Waals surface area contributed by atoms with Crippen LogP contribution in [0.15, 0.2) is 227 Å². The van der Waals surface area contributed by atoms with Crippen molar-refractivity contribution >= 4 is 98.2 Å². The van der Waals surface area contributed by atoms with E-state index in [1.807, 2.05) is 160 Å². The molecule has 10 aliphatic rings. The van der Waals surface area contributed by atoms with E-state index in [4.69, 9.17) is 21.4 Å². The van der Waals surface area contributed by atoms with Crippen molar-refractivity contribution in [3.8, 4) is 35.1 Å². The SMILES string of the molecule is C#Cc1ccc(OC)cc1.COc1ccc(-c2cn(CCCCN3C(=O)[C@@]45C[C@]6(c7ccc(C)cc7)c7ccccc7N(S(=O)(=O)c7ccccc7)[C@@H]6N4C(=O)[C@@H]3SS5)nn2)cc1.Cc1ccc([C@]23C[C@@]45SS[C@@H](C(=O)N4[C@H]2N(S(=O)(=O)c2ccccc2)c2ccccc23)N(CCCCN=[N+]=[N-])C5=O)cc1. The molecule has 19 rings (SSSR count). The third-order valence-electron chi connectivity index (χ3n) is 21.0. The number of anilines is 2. The number of nitrogens with zero attached hydrogens (tertiary/aromatic N) is 12. The number of para-hydroxylation sites is 2. The summed E-state index contributed by atoms with van der Waals surface area (Å²) in [6.45, 7) is 5.66. The number of azide groups is 1. The van der Waals surface area contributed by atoms with Crippen LogP contribution in [0.1, 0.15) is 77.5 Å². The zero-order valence-electron chi connectivity index (χ0n) is 58.1. The van der Waals surface area contributed by atoms with Crippen LogP contribution in [0.3, 0.4) is 0 Å². The number of benzene rings is 8. The van der Waals surface area contributed by atoms with E-state index in [1.54, 1.807) is 105 Å². The Morgan fingerprint density at radius 2 is 0.981 bits per heavy atom. The van der Waals surface area contributed by atoms with Gasteiger partial charge in [-0.3, -0.25) is 33.7 Å². The molecule has 0 saturated carbocycles. The minimum Gasteiger partial charge on any atom is -0.497 e. The van der Waals surface area contributed by atoms with E-state index in [1.165, 1.54) is 51.8 Å². The lowest BCUT2D eigenvalue weighted by Gasteiger charge is -2.54. The number of fused-ring (bicyclic) bond motifs is 10. The molecule has 4 amide bonds. The number of aryl methyl sites for hydroxylation is 3. The fraction of sp³-hybridized carbons (Fsp3) is 0.282. The maximum Gasteiger partial charge on any atom is 0.266 e. The summed E-state index contributed by atoms with van der Waals surface area (Å²) in [4.78, 5) is 65.7. The number of amides is 4. The largest absolute Gasteiger partial charge is 0.497 e. The van der Waals surface area contributed by atoms with E-state index in [9.17, 15) is 36.0 Å². The minimum absolute atomic E-state index is 0.120. The summed E-state index contributed by atoms with van der Waals surface area (Å²) in [5.74, 6) is 3.29. The van der Waals surface area contributed by atoms with Crippen molar-refractivity contribution < 1.29 is 45.5 Å². The van der Waals surface area contributed by atoms with Gasteiger partial charge in [-0.05, 0) is 152 Å². The first kappa shape index (κ1) is 71.7. The molecule has 0 N–H and O–H groups in total. The Kier molecular flexibility index (Phi) is 19.3. The van der Waals surface area contributed by atoms with Crippen molar-refractivity contribution in [3.05, 3.63) is 262 Å². The van der Waals surface area contributed by atoms with Crippen molar-refractivity contribution in [3.63, 3.8) is 0 Å². The molecule has 0 aliphatic carbocycles. The number of hydrogen-bond acceptors (Lipinski definition) is 17. The first-order valence-electron chi connectivity index (χ1n) is 34.5. The molecule has 1 aromatic heterocycles. The van der Waals surface area contributed by atoms with E-state index in [-0.39, 0.29) is 46.3 Å². The van der Waals surface area contributed by atoms with E-state index in [0.717, 1.165) is 68.1 Å². The molecule has 4 bridgehead atoms. The van der Waals surface area contributed by atoms with Crippen molar-refractivity contribution in [2.45, 2.75) is 112 Å². The van der Waals surface area contributed by atoms with Gasteiger partial charge in [-0.15, -0.1) is 11.5 Å². The monoisotopic (exact) mass is 1530 g/mol. The van der Waals surface area contributed by atoms with Gasteiger partial charge in [-0.1, -0.05) is 192 Å². The van der Waals surface area contributed by atoms with Gasteiger partial charge < -0.3 is 19.3 Å². The summed E-state index contributed by atoms with van der Waals surface area (Å²) >= 11 is 0. The van der Waals surface area contributed by atoms with Gasteiger partial charge in [0.25, 0.3) is 43.7 Å². The van der Waals surface area contributed by atoms with Crippen LogP contribution in [-0.4, -0.2) is 142 Å². The molecule has 22 nitrogen and oxygen atoms in total. The number of unbranched alkanes of at least 4 members (excludes halogenated alkanes) is 2. The van der Waals surface area contributed by atoms with Gasteiger partial charge in [-0.25, -0.2) is 25.4 Å². The molecule has 0 unspecified atom stereocenters. The fourth-order valence-electron chi connectivity index (χ4n) is 16.1. The van der Waals surface area contributed by atoms with Gasteiger partial charge in [0.15, 0.2) is 20.5 Å². The van der Waals surface area contributed by atoms with Crippen LogP contribution < -0.4 is 18.1 Å². The molecule has 2 spiro atoms. The molecule has 540 valence electrons. The van der Waals surface area contributed by atoms with Gasteiger partial charge in [-0.2, -0.15) is 0 Å². The first-order valence-corrected chi connectivity index (χ1v) is 41.8. The lowest BCUT2D eigenvalue weighted by Crippen LogP contribution is -2.72. The average molecular weight is 1530 g/mol. The molecule has 0 radical (unpaired) electrons. The summed E-state index contributed by atoms with van der Waals surface area (Å²) in [6.07, 6.45) is 8.12. The van der Waals surface area contributed by atoms with E-state index in [2.05, 4.69) is 26.3 Å². The Hall–Kier alpha value is -9.85. The van der Waals surface area contributed by atoms with Crippen molar-refractivity contribution in [2.75, 3.05) is 42.5 Å². The van der Waals surface area contributed by atoms with Crippen LogP contribution in [0.5, 0.6) is 11.5 Å². The summed E-state index contributed by atoms with van der Waals surface area (Å²) < 4.78 is 73.5. The van der Waals surface area contributed by atoms with Crippen LogP contribution >= 0.6 is 43.2 Å². The second kappa shape index (κ2) is 28.5. The summed E-state index contributed by atoms with van der Waals surface area (Å²) in [5, 5.41) is 10.7. The standard InChI is InChI=1S/C39H36N6O5S3.C30H28N6O4S3.C9H8O/c1-26-14-18-28(19-15-26)38-25-39-37(47)43(23-9-8-22-42-24-32(40-41-42)27-16-20-29(50-2)21-17-27)35(51-52-39)34(46)44(39)36(38)45(33-13-7-6-12-31(33)38)53(48,49)30-10-4-3-5-11-30;1-20-13-15-21(16-14-20)29-19-30-28(38)34(18-8-7-17-32-33-31)26(41-42-30)25(37)35(30)27(29)36(24-12-6-5-11-23(24)29)43(39,40)22-9-3-2-4-10-22;1-3-8-4-6-9(10-2)7-5-8/h3-7,10-21,24,35-36H,8-9,22-23,25H2,1-2H3;2-6,9-16,26-27H,7-8,17-19H2,1H3;1,4-7H,2H3/t35-,36-,38-,39-;26-,27-,29-,30-;/m00./s1. The molecular weight excluding hydrogens is 1460 g/mol. The molecule has 8 fully saturated rings. The first-order chi connectivity index (χ1) is 51.3. The molecule has 8 aromatic carbocycles. The molecule has 8 saturated heterocycles. The molecule has 106 heavy (non-hydrogen) atoms. The Balaban J connectivity index is 0.000000152. The number of carbonyl (C=O) groups excluding carboxylic acids is 4. The second-order valence-corrected chi connectivity index (χ2v) is 35.7. The highest BCUT2D eigenvalue weighted by molar-refractivity contribution is 8.78. The van der Waals surface area contributed by atoms with Crippen molar-refractivity contribution in [2.24, 2.45) is 5.11 Å². The van der Waals surface area contributed by atoms with Crippen LogP contribution in [0.25, 0.3) is 21.7 Å². The van der Waals surface area contributed by atoms with E-state index in [0.29, 0.717) is 56.8 Å². The number of sulfonamides is 2. The number of ether oxygens (including phenoxy) is 2. The van der Waals surface area contributed by atoms with Crippen LogP contribution in [0.2, 0.25) is 0 Å². The second-order valence-electron chi connectivity index (χ2n) is 26.9. The van der Waals surface area contributed by atoms with Crippen LogP contribution in [0.4, 0.5) is 11.4 Å². The Labute approximate surface area is 630 Å². The smallest absolute Gasteiger partial charge is 0.266 e. The van der Waals surface area contributed by atoms with Crippen molar-refractivity contribution in [1.29, 1.82) is 0 Å². The molecule has 8 atom stereocenters. The lowest BCUT2D eigenvalue weighted by molar-refractivity contribution is -0.159. The third-order valence-corrected chi connectivity index (χ3v) is 30.9. The molecule has 10 aliphatic heterocycles. The minimum atomic E-state index is -4.17. The zero-order valence-corrected chi connectivity index (χ0v) is 63.0. The Bertz CT molecular complexity index is 5230. The number of hydrogen-bond donors (Lipinski definition) is 0. The van der Waals surface area contributed by atoms with Gasteiger partial charge in [0, 0.05) is 55.1 Å². The highest BCUT2D eigenvalue weighted by Gasteiger charge is 2.79. The number of carbonyl (C=O) groups is 4. The van der Waals surface area contributed by atoms with E-state index < -0.39 is 63.7 Å². The maximum atomic E-state index is 14.9. The molecule has 9 aromatic rings. The van der Waals surface area contributed by atoms with Crippen LogP contribution in [-0.2, 0) is 56.6 Å². The number of terminal acetylenes is 1. The summed E-state index contributed by atoms with van der Waals surface area (Å²) in [6, 6.07) is 62.6. The normalized spacial score (nSPS) is 24.0. The summed E-state index contributed by atoms with van der Waals surface area (Å²) in [5.41, 5.74) is 15.6. The quantitative estimate of drug-likeness (QED) is 0.0182. The van der Waals surface area contributed by atoms with Crippen molar-refractivity contribution in [1.82, 2.24) is 34.6 Å². The molecular formula is C78H72N12O10S6. The molecule has 28 heteroatoms. The average Bonchev–Trinajstić information content (AvgIpc) is 1.49. The predicted octanol–water partition coefficient (Wildman–Crippen LogP) is 13.1. The highest BCUT2D eigenvalue weighted by Crippen LogP contribution is 2.71. The lowest BCUT2D eigenvalue weighted by atomic mass is 9.72.